The second-order valence-electron chi connectivity index (χ2n) is 4.42. The first-order valence-electron chi connectivity index (χ1n) is 5.89. The number of rotatable bonds is 3. The van der Waals surface area contributed by atoms with Crippen molar-refractivity contribution in [1.29, 1.82) is 0 Å². The Morgan fingerprint density at radius 3 is 3.06 bits per heavy atom. The van der Waals surface area contributed by atoms with Crippen LogP contribution in [0, 0.1) is 0 Å². The molecule has 4 heteroatoms. The number of para-hydroxylation sites is 1. The zero-order valence-corrected chi connectivity index (χ0v) is 9.85. The summed E-state index contributed by atoms with van der Waals surface area (Å²) in [6, 6.07) is 10.9. The van der Waals surface area contributed by atoms with E-state index < -0.39 is 0 Å². The van der Waals surface area contributed by atoms with Crippen LogP contribution >= 0.6 is 0 Å². The van der Waals surface area contributed by atoms with Gasteiger partial charge in [-0.3, -0.25) is 4.68 Å². The molecule has 4 nitrogen and oxygen atoms in total. The predicted octanol–water partition coefficient (Wildman–Crippen LogP) is 1.87. The van der Waals surface area contributed by atoms with Crippen LogP contribution in [0.3, 0.4) is 0 Å². The van der Waals surface area contributed by atoms with Crippen molar-refractivity contribution in [3.63, 3.8) is 0 Å². The van der Waals surface area contributed by atoms with Crippen LogP contribution < -0.4 is 10.6 Å². The molecule has 88 valence electrons. The smallest absolute Gasteiger partial charge is 0.123 e. The molecule has 1 aromatic heterocycles. The van der Waals surface area contributed by atoms with Gasteiger partial charge < -0.3 is 10.6 Å². The number of fused-ring (bicyclic) bond motifs is 1. The standard InChI is InChI=1S/C13H16N4/c1-17-13(6-7-15-17)14-9-11-8-10-4-2-3-5-12(10)16-11/h2-7,11,14,16H,8-9H2,1H3. The molecule has 1 aromatic carbocycles. The van der Waals surface area contributed by atoms with Crippen LogP contribution in [-0.4, -0.2) is 22.4 Å². The average molecular weight is 228 g/mol. The number of aryl methyl sites for hydroxylation is 1. The molecular formula is C13H16N4. The monoisotopic (exact) mass is 228 g/mol. The van der Waals surface area contributed by atoms with Gasteiger partial charge in [-0.25, -0.2) is 0 Å². The lowest BCUT2D eigenvalue weighted by molar-refractivity contribution is 0.743. The van der Waals surface area contributed by atoms with Gasteiger partial charge in [0.25, 0.3) is 0 Å². The van der Waals surface area contributed by atoms with E-state index in [0.29, 0.717) is 6.04 Å². The fraction of sp³-hybridized carbons (Fsp3) is 0.308. The summed E-state index contributed by atoms with van der Waals surface area (Å²) in [7, 11) is 1.94. The van der Waals surface area contributed by atoms with E-state index in [1.165, 1.54) is 11.3 Å². The molecule has 0 bridgehead atoms. The van der Waals surface area contributed by atoms with Crippen LogP contribution in [0.2, 0.25) is 0 Å². The maximum atomic E-state index is 4.14. The molecule has 2 N–H and O–H groups in total. The van der Waals surface area contributed by atoms with Gasteiger partial charge in [0.1, 0.15) is 5.82 Å². The van der Waals surface area contributed by atoms with Crippen LogP contribution in [0.1, 0.15) is 5.56 Å². The fourth-order valence-corrected chi connectivity index (χ4v) is 2.27. The van der Waals surface area contributed by atoms with Gasteiger partial charge in [0, 0.05) is 31.4 Å². The van der Waals surface area contributed by atoms with Gasteiger partial charge in [-0.05, 0) is 18.1 Å². The zero-order valence-electron chi connectivity index (χ0n) is 9.85. The molecular weight excluding hydrogens is 212 g/mol. The molecule has 1 aliphatic rings. The van der Waals surface area contributed by atoms with E-state index in [9.17, 15) is 0 Å². The SMILES string of the molecule is Cn1nccc1NCC1Cc2ccccc2N1. The molecule has 0 fully saturated rings. The first-order chi connectivity index (χ1) is 8.33. The molecule has 1 unspecified atom stereocenters. The Morgan fingerprint density at radius 2 is 2.29 bits per heavy atom. The van der Waals surface area contributed by atoms with Crippen molar-refractivity contribution in [2.24, 2.45) is 7.05 Å². The Morgan fingerprint density at radius 1 is 1.41 bits per heavy atom. The van der Waals surface area contributed by atoms with Gasteiger partial charge >= 0.3 is 0 Å². The molecule has 0 spiro atoms. The van der Waals surface area contributed by atoms with Crippen molar-refractivity contribution >= 4 is 11.5 Å². The van der Waals surface area contributed by atoms with E-state index in [1.807, 2.05) is 17.8 Å². The average Bonchev–Trinajstić information content (AvgIpc) is 2.92. The highest BCUT2D eigenvalue weighted by molar-refractivity contribution is 5.57. The van der Waals surface area contributed by atoms with E-state index >= 15 is 0 Å². The summed E-state index contributed by atoms with van der Waals surface area (Å²) >= 11 is 0. The number of aromatic nitrogens is 2. The van der Waals surface area contributed by atoms with Gasteiger partial charge in [0.2, 0.25) is 0 Å². The summed E-state index contributed by atoms with van der Waals surface area (Å²) in [5.41, 5.74) is 2.67. The minimum absolute atomic E-state index is 0.460. The summed E-state index contributed by atoms with van der Waals surface area (Å²) in [5.74, 6) is 1.06. The van der Waals surface area contributed by atoms with Crippen LogP contribution in [-0.2, 0) is 13.5 Å². The molecule has 0 radical (unpaired) electrons. The Bertz CT molecular complexity index is 493. The molecule has 0 aliphatic carbocycles. The third-order valence-corrected chi connectivity index (χ3v) is 3.19. The lowest BCUT2D eigenvalue weighted by Gasteiger charge is -2.13. The highest BCUT2D eigenvalue weighted by Gasteiger charge is 2.19. The van der Waals surface area contributed by atoms with Crippen molar-refractivity contribution in [2.75, 3.05) is 17.2 Å². The number of hydrogen-bond donors (Lipinski definition) is 2. The summed E-state index contributed by atoms with van der Waals surface area (Å²) in [6.07, 6.45) is 2.89. The van der Waals surface area contributed by atoms with Crippen LogP contribution in [0.15, 0.2) is 36.5 Å². The second-order valence-corrected chi connectivity index (χ2v) is 4.42. The van der Waals surface area contributed by atoms with Crippen molar-refractivity contribution in [3.8, 4) is 0 Å². The Hall–Kier alpha value is -1.97. The van der Waals surface area contributed by atoms with E-state index in [2.05, 4.69) is 40.0 Å². The van der Waals surface area contributed by atoms with Gasteiger partial charge in [0.05, 0.1) is 6.20 Å². The molecule has 0 saturated carbocycles. The number of anilines is 2. The predicted molar refractivity (Wildman–Crippen MR) is 69.3 cm³/mol. The second kappa shape index (κ2) is 4.13. The summed E-state index contributed by atoms with van der Waals surface area (Å²) in [6.45, 7) is 0.911. The summed E-state index contributed by atoms with van der Waals surface area (Å²) < 4.78 is 1.85. The maximum Gasteiger partial charge on any atom is 0.123 e. The summed E-state index contributed by atoms with van der Waals surface area (Å²) in [4.78, 5) is 0. The van der Waals surface area contributed by atoms with Gasteiger partial charge in [-0.2, -0.15) is 5.10 Å². The minimum Gasteiger partial charge on any atom is -0.380 e. The molecule has 1 atom stereocenters. The minimum atomic E-state index is 0.460. The Kier molecular flexibility index (Phi) is 2.48. The largest absolute Gasteiger partial charge is 0.380 e. The third kappa shape index (κ3) is 1.98. The molecule has 17 heavy (non-hydrogen) atoms. The highest BCUT2D eigenvalue weighted by atomic mass is 15.3. The maximum absolute atomic E-state index is 4.14. The van der Waals surface area contributed by atoms with Gasteiger partial charge in [-0.15, -0.1) is 0 Å². The molecule has 2 heterocycles. The van der Waals surface area contributed by atoms with Crippen LogP contribution in [0.5, 0.6) is 0 Å². The summed E-state index contributed by atoms with van der Waals surface area (Å²) in [5, 5.41) is 11.1. The van der Waals surface area contributed by atoms with E-state index in [-0.39, 0.29) is 0 Å². The third-order valence-electron chi connectivity index (χ3n) is 3.19. The van der Waals surface area contributed by atoms with Gasteiger partial charge in [0.15, 0.2) is 0 Å². The zero-order chi connectivity index (χ0) is 11.7. The Balaban J connectivity index is 1.61. The van der Waals surface area contributed by atoms with Crippen molar-refractivity contribution in [3.05, 3.63) is 42.1 Å². The van der Waals surface area contributed by atoms with Crippen molar-refractivity contribution in [2.45, 2.75) is 12.5 Å². The first-order valence-corrected chi connectivity index (χ1v) is 5.89. The van der Waals surface area contributed by atoms with Gasteiger partial charge in [-0.1, -0.05) is 18.2 Å². The topological polar surface area (TPSA) is 41.9 Å². The van der Waals surface area contributed by atoms with Crippen molar-refractivity contribution < 1.29 is 0 Å². The number of nitrogens with one attached hydrogen (secondary N) is 2. The molecule has 0 amide bonds. The lowest BCUT2D eigenvalue weighted by atomic mass is 10.1. The first kappa shape index (κ1) is 10.2. The molecule has 2 aromatic rings. The lowest BCUT2D eigenvalue weighted by Crippen LogP contribution is -2.26. The number of nitrogens with zero attached hydrogens (tertiary/aromatic N) is 2. The highest BCUT2D eigenvalue weighted by Crippen LogP contribution is 2.25. The van der Waals surface area contributed by atoms with E-state index in [1.54, 1.807) is 6.20 Å². The quantitative estimate of drug-likeness (QED) is 0.842. The van der Waals surface area contributed by atoms with Crippen LogP contribution in [0.4, 0.5) is 11.5 Å². The Labute approximate surface area is 101 Å². The van der Waals surface area contributed by atoms with Crippen molar-refractivity contribution in [1.82, 2.24) is 9.78 Å². The molecule has 1 aliphatic heterocycles. The fourth-order valence-electron chi connectivity index (χ4n) is 2.27. The molecule has 3 rings (SSSR count). The normalized spacial score (nSPS) is 17.6. The number of benzene rings is 1. The van der Waals surface area contributed by atoms with E-state index in [0.717, 1.165) is 18.8 Å². The number of hydrogen-bond acceptors (Lipinski definition) is 3. The molecule has 0 saturated heterocycles. The van der Waals surface area contributed by atoms with Crippen LogP contribution in [0.25, 0.3) is 0 Å². The van der Waals surface area contributed by atoms with E-state index in [4.69, 9.17) is 0 Å².